The number of rotatable bonds is 5. The van der Waals surface area contributed by atoms with Crippen molar-refractivity contribution in [1.82, 2.24) is 24.8 Å². The molecular formula is C26H24BrN5S. The zero-order valence-electron chi connectivity index (χ0n) is 18.4. The minimum absolute atomic E-state index is 0.0125. The predicted molar refractivity (Wildman–Crippen MR) is 138 cm³/mol. The largest absolute Gasteiger partial charge is 0.352 e. The minimum Gasteiger partial charge on any atom is -0.352 e. The molecule has 1 aliphatic rings. The fraction of sp³-hybridized carbons (Fsp3) is 0.192. The van der Waals surface area contributed by atoms with E-state index < -0.39 is 0 Å². The van der Waals surface area contributed by atoms with E-state index in [2.05, 4.69) is 84.9 Å². The molecule has 1 N–H and O–H groups in total. The van der Waals surface area contributed by atoms with Crippen LogP contribution in [0.4, 0.5) is 0 Å². The second kappa shape index (κ2) is 9.08. The topological polar surface area (TPSA) is 46.0 Å². The van der Waals surface area contributed by atoms with Crippen molar-refractivity contribution in [2.24, 2.45) is 0 Å². The van der Waals surface area contributed by atoms with Gasteiger partial charge in [-0.05, 0) is 80.2 Å². The number of nitrogens with one attached hydrogen (secondary N) is 1. The normalized spacial score (nSPS) is 17.9. The van der Waals surface area contributed by atoms with Gasteiger partial charge in [0, 0.05) is 33.9 Å². The Bertz CT molecular complexity index is 1290. The number of pyridine rings is 2. The molecule has 1 aromatic carbocycles. The van der Waals surface area contributed by atoms with E-state index >= 15 is 0 Å². The summed E-state index contributed by atoms with van der Waals surface area (Å²) in [5.41, 5.74) is 6.68. The zero-order valence-corrected chi connectivity index (χ0v) is 20.8. The van der Waals surface area contributed by atoms with E-state index in [9.17, 15) is 0 Å². The van der Waals surface area contributed by atoms with E-state index in [1.54, 1.807) is 0 Å². The zero-order chi connectivity index (χ0) is 22.9. The number of hydrogen-bond donors (Lipinski definition) is 1. The monoisotopic (exact) mass is 517 g/mol. The molecule has 33 heavy (non-hydrogen) atoms. The van der Waals surface area contributed by atoms with E-state index in [1.165, 1.54) is 17.0 Å². The van der Waals surface area contributed by atoms with Gasteiger partial charge in [0.15, 0.2) is 5.11 Å². The molecule has 0 spiro atoms. The molecule has 166 valence electrons. The molecule has 4 heterocycles. The first-order valence-corrected chi connectivity index (χ1v) is 12.1. The first kappa shape index (κ1) is 21.8. The summed E-state index contributed by atoms with van der Waals surface area (Å²) in [6.45, 7) is 4.96. The van der Waals surface area contributed by atoms with E-state index in [4.69, 9.17) is 12.2 Å². The second-order valence-electron chi connectivity index (χ2n) is 8.22. The molecule has 5 rings (SSSR count). The van der Waals surface area contributed by atoms with Gasteiger partial charge < -0.3 is 14.8 Å². The number of hydrogen-bond acceptors (Lipinski definition) is 3. The van der Waals surface area contributed by atoms with Crippen molar-refractivity contribution in [2.75, 3.05) is 0 Å². The molecule has 0 unspecified atom stereocenters. The number of aryl methyl sites for hydroxylation is 1. The third-order valence-corrected chi connectivity index (χ3v) is 6.96. The maximum Gasteiger partial charge on any atom is 0.170 e. The van der Waals surface area contributed by atoms with Gasteiger partial charge in [0.2, 0.25) is 0 Å². The lowest BCUT2D eigenvalue weighted by molar-refractivity contribution is 0.307. The standard InChI is InChI=1S/C26H24BrN5S/c1-17-14-22(18(2)32(17)21-10-7-8-19(27)15-21)25-24(23-11-4-6-13-29-23)30-26(33)31(25)16-20-9-3-5-12-28-20/h3-15,24-25H,16H2,1-2H3,(H,30,33)/t24-,25-/m0/s1. The molecule has 2 atom stereocenters. The van der Waals surface area contributed by atoms with Gasteiger partial charge in [-0.1, -0.05) is 34.1 Å². The Kier molecular flexibility index (Phi) is 6.00. The van der Waals surface area contributed by atoms with E-state index in [0.29, 0.717) is 11.7 Å². The summed E-state index contributed by atoms with van der Waals surface area (Å²) in [5, 5.41) is 4.26. The lowest BCUT2D eigenvalue weighted by Crippen LogP contribution is -2.29. The van der Waals surface area contributed by atoms with E-state index in [0.717, 1.165) is 21.5 Å². The Labute approximate surface area is 207 Å². The van der Waals surface area contributed by atoms with Gasteiger partial charge in [0.25, 0.3) is 0 Å². The summed E-state index contributed by atoms with van der Waals surface area (Å²) in [7, 11) is 0. The van der Waals surface area contributed by atoms with Gasteiger partial charge in [-0.15, -0.1) is 0 Å². The summed E-state index contributed by atoms with van der Waals surface area (Å²) in [6, 6.07) is 22.6. The fourth-order valence-corrected chi connectivity index (χ4v) is 5.37. The van der Waals surface area contributed by atoms with Gasteiger partial charge in [-0.25, -0.2) is 0 Å². The van der Waals surface area contributed by atoms with Crippen LogP contribution in [0, 0.1) is 13.8 Å². The van der Waals surface area contributed by atoms with Gasteiger partial charge in [0.1, 0.15) is 0 Å². The third-order valence-electron chi connectivity index (χ3n) is 6.11. The molecular weight excluding hydrogens is 494 g/mol. The minimum atomic E-state index is -0.0566. The van der Waals surface area contributed by atoms with Crippen molar-refractivity contribution >= 4 is 33.3 Å². The van der Waals surface area contributed by atoms with Crippen LogP contribution in [-0.2, 0) is 6.54 Å². The lowest BCUT2D eigenvalue weighted by Gasteiger charge is -2.28. The van der Waals surface area contributed by atoms with Gasteiger partial charge in [-0.3, -0.25) is 9.97 Å². The van der Waals surface area contributed by atoms with E-state index in [1.807, 2.05) is 48.8 Å². The summed E-state index contributed by atoms with van der Waals surface area (Å²) in [5.74, 6) is 0. The Balaban J connectivity index is 1.62. The van der Waals surface area contributed by atoms with E-state index in [-0.39, 0.29) is 12.1 Å². The SMILES string of the molecule is Cc1cc([C@H]2[C@H](c3ccccn3)NC(=S)N2Cc2ccccn2)c(C)n1-c1cccc(Br)c1. The first-order valence-electron chi connectivity index (χ1n) is 10.9. The molecule has 0 amide bonds. The molecule has 0 saturated carbocycles. The fourth-order valence-electron chi connectivity index (χ4n) is 4.68. The third kappa shape index (κ3) is 4.18. The molecule has 4 aromatic rings. The van der Waals surface area contributed by atoms with Crippen LogP contribution in [0.5, 0.6) is 0 Å². The summed E-state index contributed by atoms with van der Waals surface area (Å²) in [4.78, 5) is 11.5. The number of nitrogens with zero attached hydrogens (tertiary/aromatic N) is 4. The maximum absolute atomic E-state index is 5.83. The molecule has 1 aliphatic heterocycles. The highest BCUT2D eigenvalue weighted by atomic mass is 79.9. The number of aromatic nitrogens is 3. The molecule has 1 fully saturated rings. The van der Waals surface area contributed by atoms with Crippen molar-refractivity contribution in [2.45, 2.75) is 32.5 Å². The Morgan fingerprint density at radius 2 is 1.76 bits per heavy atom. The van der Waals surface area contributed by atoms with Crippen LogP contribution in [0.15, 0.2) is 83.6 Å². The van der Waals surface area contributed by atoms with Crippen molar-refractivity contribution in [3.05, 3.63) is 112 Å². The van der Waals surface area contributed by atoms with Crippen LogP contribution in [0.25, 0.3) is 5.69 Å². The van der Waals surface area contributed by atoms with Crippen molar-refractivity contribution in [3.63, 3.8) is 0 Å². The molecule has 3 aromatic heterocycles. The van der Waals surface area contributed by atoms with Crippen LogP contribution in [0.3, 0.4) is 0 Å². The van der Waals surface area contributed by atoms with Gasteiger partial charge in [-0.2, -0.15) is 0 Å². The van der Waals surface area contributed by atoms with Crippen LogP contribution in [0.1, 0.15) is 40.4 Å². The average Bonchev–Trinajstić information content (AvgIpc) is 3.30. The Morgan fingerprint density at radius 3 is 2.45 bits per heavy atom. The molecule has 1 saturated heterocycles. The molecule has 5 nitrogen and oxygen atoms in total. The highest BCUT2D eigenvalue weighted by molar-refractivity contribution is 9.10. The molecule has 0 radical (unpaired) electrons. The number of thiocarbonyl (C=S) groups is 1. The Hall–Kier alpha value is -3.03. The highest BCUT2D eigenvalue weighted by Crippen LogP contribution is 2.42. The maximum atomic E-state index is 5.83. The molecule has 0 bridgehead atoms. The first-order chi connectivity index (χ1) is 16.0. The van der Waals surface area contributed by atoms with Crippen molar-refractivity contribution in [1.29, 1.82) is 0 Å². The Morgan fingerprint density at radius 1 is 0.970 bits per heavy atom. The summed E-state index contributed by atoms with van der Waals surface area (Å²) < 4.78 is 3.36. The van der Waals surface area contributed by atoms with Gasteiger partial charge >= 0.3 is 0 Å². The van der Waals surface area contributed by atoms with Crippen LogP contribution in [-0.4, -0.2) is 24.5 Å². The highest BCUT2D eigenvalue weighted by Gasteiger charge is 2.41. The number of benzene rings is 1. The quantitative estimate of drug-likeness (QED) is 0.338. The number of halogens is 1. The van der Waals surface area contributed by atoms with Gasteiger partial charge in [0.05, 0.1) is 30.0 Å². The average molecular weight is 518 g/mol. The lowest BCUT2D eigenvalue weighted by atomic mass is 9.96. The van der Waals surface area contributed by atoms with Crippen LogP contribution in [0.2, 0.25) is 0 Å². The molecule has 7 heteroatoms. The second-order valence-corrected chi connectivity index (χ2v) is 9.52. The predicted octanol–water partition coefficient (Wildman–Crippen LogP) is 5.82. The van der Waals surface area contributed by atoms with Crippen LogP contribution >= 0.6 is 28.1 Å². The van der Waals surface area contributed by atoms with Crippen molar-refractivity contribution in [3.8, 4) is 5.69 Å². The molecule has 0 aliphatic carbocycles. The summed E-state index contributed by atoms with van der Waals surface area (Å²) >= 11 is 9.45. The van der Waals surface area contributed by atoms with Crippen LogP contribution < -0.4 is 5.32 Å². The van der Waals surface area contributed by atoms with Crippen molar-refractivity contribution < 1.29 is 0 Å². The smallest absolute Gasteiger partial charge is 0.170 e. The summed E-state index contributed by atoms with van der Waals surface area (Å²) in [6.07, 6.45) is 3.66.